The van der Waals surface area contributed by atoms with Gasteiger partial charge in [-0.15, -0.1) is 0 Å². The fourth-order valence-corrected chi connectivity index (χ4v) is 2.90. The standard InChI is InChI=1S/C18H31N7O4/c1-3-4-11-29-17-23-14(20)13-15(24-17)25(18(27)22-13)10-9-21-12(16(26)28-2)7-5-6-8-19/h12,21H,3-11,19H2,1-2H3,(H,22,27)(H2,20,23,24)/t12-/m0/s1. The minimum atomic E-state index is -0.458. The number of hydrogen-bond donors (Lipinski definition) is 4. The van der Waals surface area contributed by atoms with E-state index in [1.54, 1.807) is 0 Å². The topological polar surface area (TPSA) is 163 Å². The first-order valence-corrected chi connectivity index (χ1v) is 9.91. The second-order valence-corrected chi connectivity index (χ2v) is 6.69. The van der Waals surface area contributed by atoms with Crippen molar-refractivity contribution >= 4 is 23.0 Å². The molecule has 0 aliphatic heterocycles. The highest BCUT2D eigenvalue weighted by Gasteiger charge is 2.19. The van der Waals surface area contributed by atoms with E-state index < -0.39 is 6.04 Å². The number of hydrogen-bond acceptors (Lipinski definition) is 9. The Bertz CT molecular complexity index is 849. The van der Waals surface area contributed by atoms with Crippen LogP contribution < -0.4 is 27.2 Å². The number of nitrogens with zero attached hydrogens (tertiary/aromatic N) is 3. The van der Waals surface area contributed by atoms with Gasteiger partial charge in [-0.25, -0.2) is 4.79 Å². The highest BCUT2D eigenvalue weighted by molar-refractivity contribution is 5.81. The maximum Gasteiger partial charge on any atom is 0.327 e. The van der Waals surface area contributed by atoms with E-state index >= 15 is 0 Å². The van der Waals surface area contributed by atoms with E-state index in [0.29, 0.717) is 37.3 Å². The third kappa shape index (κ3) is 6.16. The molecule has 0 aliphatic carbocycles. The van der Waals surface area contributed by atoms with Crippen LogP contribution in [0.3, 0.4) is 0 Å². The number of esters is 1. The molecule has 29 heavy (non-hydrogen) atoms. The van der Waals surface area contributed by atoms with Gasteiger partial charge in [-0.05, 0) is 25.8 Å². The zero-order valence-electron chi connectivity index (χ0n) is 17.1. The highest BCUT2D eigenvalue weighted by Crippen LogP contribution is 2.17. The summed E-state index contributed by atoms with van der Waals surface area (Å²) in [5.74, 6) is -0.189. The molecule has 0 fully saturated rings. The second kappa shape index (κ2) is 11.4. The number of fused-ring (bicyclic) bond motifs is 1. The summed E-state index contributed by atoms with van der Waals surface area (Å²) < 4.78 is 11.8. The Morgan fingerprint density at radius 2 is 2.10 bits per heavy atom. The molecule has 2 aromatic rings. The molecular weight excluding hydrogens is 378 g/mol. The lowest BCUT2D eigenvalue weighted by atomic mass is 10.1. The summed E-state index contributed by atoms with van der Waals surface area (Å²) in [6.07, 6.45) is 4.08. The maximum absolute atomic E-state index is 12.3. The molecule has 2 heterocycles. The van der Waals surface area contributed by atoms with Crippen molar-refractivity contribution in [2.24, 2.45) is 5.73 Å². The molecule has 0 saturated carbocycles. The van der Waals surface area contributed by atoms with Crippen LogP contribution >= 0.6 is 0 Å². The molecule has 1 atom stereocenters. The number of nitrogens with one attached hydrogen (secondary N) is 2. The van der Waals surface area contributed by atoms with Gasteiger partial charge in [0.25, 0.3) is 0 Å². The predicted molar refractivity (Wildman–Crippen MR) is 110 cm³/mol. The Morgan fingerprint density at radius 3 is 2.79 bits per heavy atom. The Morgan fingerprint density at radius 1 is 1.31 bits per heavy atom. The number of anilines is 1. The largest absolute Gasteiger partial charge is 0.468 e. The molecule has 0 unspecified atom stereocenters. The van der Waals surface area contributed by atoms with E-state index in [1.165, 1.54) is 11.7 Å². The number of unbranched alkanes of at least 4 members (excludes halogenated alkanes) is 2. The third-order valence-electron chi connectivity index (χ3n) is 4.52. The molecule has 0 aliphatic rings. The Balaban J connectivity index is 2.10. The average molecular weight is 409 g/mol. The Hall–Kier alpha value is -2.66. The van der Waals surface area contributed by atoms with Crippen molar-refractivity contribution in [1.29, 1.82) is 0 Å². The molecule has 2 rings (SSSR count). The van der Waals surface area contributed by atoms with Crippen LogP contribution in [0.4, 0.5) is 5.82 Å². The van der Waals surface area contributed by atoms with Gasteiger partial charge in [0.2, 0.25) is 0 Å². The Labute approximate surface area is 169 Å². The molecule has 0 aromatic carbocycles. The number of carbonyl (C=O) groups is 1. The highest BCUT2D eigenvalue weighted by atomic mass is 16.5. The van der Waals surface area contributed by atoms with Gasteiger partial charge < -0.3 is 31.2 Å². The van der Waals surface area contributed by atoms with Crippen LogP contribution in [0.15, 0.2) is 4.79 Å². The lowest BCUT2D eigenvalue weighted by molar-refractivity contribution is -0.143. The number of methoxy groups -OCH3 is 1. The maximum atomic E-state index is 12.3. The molecule has 11 nitrogen and oxygen atoms in total. The van der Waals surface area contributed by atoms with Gasteiger partial charge in [-0.1, -0.05) is 19.8 Å². The number of aromatic amines is 1. The SMILES string of the molecule is CCCCOc1nc(N)c2[nH]c(=O)n(CCN[C@@H](CCCCN)C(=O)OC)c2n1. The number of imidazole rings is 1. The molecule has 0 spiro atoms. The van der Waals surface area contributed by atoms with E-state index in [-0.39, 0.29) is 30.0 Å². The average Bonchev–Trinajstić information content (AvgIpc) is 3.02. The van der Waals surface area contributed by atoms with Crippen LogP contribution in [-0.2, 0) is 16.1 Å². The van der Waals surface area contributed by atoms with E-state index in [4.69, 9.17) is 20.9 Å². The Kier molecular flexibility index (Phi) is 8.87. The summed E-state index contributed by atoms with van der Waals surface area (Å²) in [5, 5.41) is 3.14. The van der Waals surface area contributed by atoms with E-state index in [1.807, 2.05) is 0 Å². The zero-order chi connectivity index (χ0) is 21.2. The number of rotatable bonds is 13. The number of H-pyrrole nitrogens is 1. The van der Waals surface area contributed by atoms with Crippen molar-refractivity contribution in [3.63, 3.8) is 0 Å². The van der Waals surface area contributed by atoms with Crippen LogP contribution in [-0.4, -0.2) is 58.3 Å². The zero-order valence-corrected chi connectivity index (χ0v) is 17.1. The lowest BCUT2D eigenvalue weighted by Crippen LogP contribution is -2.40. The number of nitrogens with two attached hydrogens (primary N) is 2. The van der Waals surface area contributed by atoms with Crippen LogP contribution in [0, 0.1) is 0 Å². The number of nitrogen functional groups attached to an aromatic ring is 1. The van der Waals surface area contributed by atoms with Crippen molar-refractivity contribution in [1.82, 2.24) is 24.8 Å². The van der Waals surface area contributed by atoms with Gasteiger partial charge in [0, 0.05) is 13.1 Å². The normalized spacial score (nSPS) is 12.2. The van der Waals surface area contributed by atoms with Gasteiger partial charge in [-0.2, -0.15) is 9.97 Å². The quantitative estimate of drug-likeness (QED) is 0.266. The summed E-state index contributed by atoms with van der Waals surface area (Å²) in [6.45, 7) is 3.75. The molecule has 0 bridgehead atoms. The molecule has 11 heteroatoms. The van der Waals surface area contributed by atoms with E-state index in [2.05, 4.69) is 27.2 Å². The smallest absolute Gasteiger partial charge is 0.327 e. The van der Waals surface area contributed by atoms with Gasteiger partial charge in [-0.3, -0.25) is 9.36 Å². The van der Waals surface area contributed by atoms with Crippen molar-refractivity contribution in [3.8, 4) is 6.01 Å². The van der Waals surface area contributed by atoms with E-state index in [9.17, 15) is 9.59 Å². The van der Waals surface area contributed by atoms with Crippen molar-refractivity contribution in [3.05, 3.63) is 10.5 Å². The number of carbonyl (C=O) groups excluding carboxylic acids is 1. The number of aromatic nitrogens is 4. The van der Waals surface area contributed by atoms with Gasteiger partial charge >= 0.3 is 17.7 Å². The summed E-state index contributed by atoms with van der Waals surface area (Å²) >= 11 is 0. The van der Waals surface area contributed by atoms with Crippen molar-refractivity contribution in [2.45, 2.75) is 51.6 Å². The van der Waals surface area contributed by atoms with E-state index in [0.717, 1.165) is 25.7 Å². The molecule has 0 radical (unpaired) electrons. The minimum Gasteiger partial charge on any atom is -0.468 e. The fraction of sp³-hybridized carbons (Fsp3) is 0.667. The van der Waals surface area contributed by atoms with Gasteiger partial charge in [0.15, 0.2) is 11.5 Å². The second-order valence-electron chi connectivity index (χ2n) is 6.69. The third-order valence-corrected chi connectivity index (χ3v) is 4.52. The first kappa shape index (κ1) is 22.6. The summed E-state index contributed by atoms with van der Waals surface area (Å²) in [5.41, 5.74) is 11.8. The summed E-state index contributed by atoms with van der Waals surface area (Å²) in [7, 11) is 1.35. The molecule has 162 valence electrons. The van der Waals surface area contributed by atoms with Crippen LogP contribution in [0.5, 0.6) is 6.01 Å². The predicted octanol–water partition coefficient (Wildman–Crippen LogP) is 0.141. The summed E-state index contributed by atoms with van der Waals surface area (Å²) in [6, 6.07) is -0.321. The summed E-state index contributed by atoms with van der Waals surface area (Å²) in [4.78, 5) is 35.4. The van der Waals surface area contributed by atoms with Crippen LogP contribution in [0.25, 0.3) is 11.2 Å². The molecular formula is C18H31N7O4. The van der Waals surface area contributed by atoms with Crippen LogP contribution in [0.2, 0.25) is 0 Å². The first-order valence-electron chi connectivity index (χ1n) is 9.91. The minimum absolute atomic E-state index is 0.137. The fourth-order valence-electron chi connectivity index (χ4n) is 2.90. The molecule has 6 N–H and O–H groups in total. The lowest BCUT2D eigenvalue weighted by Gasteiger charge is -2.16. The van der Waals surface area contributed by atoms with Gasteiger partial charge in [0.1, 0.15) is 11.6 Å². The number of ether oxygens (including phenoxy) is 2. The monoisotopic (exact) mass is 409 g/mol. The molecule has 0 saturated heterocycles. The van der Waals surface area contributed by atoms with Gasteiger partial charge in [0.05, 0.1) is 13.7 Å². The van der Waals surface area contributed by atoms with Crippen molar-refractivity contribution < 1.29 is 14.3 Å². The molecule has 2 aromatic heterocycles. The molecule has 0 amide bonds. The van der Waals surface area contributed by atoms with Crippen molar-refractivity contribution in [2.75, 3.05) is 32.5 Å². The first-order chi connectivity index (χ1) is 14.0. The van der Waals surface area contributed by atoms with Crippen LogP contribution in [0.1, 0.15) is 39.0 Å².